The summed E-state index contributed by atoms with van der Waals surface area (Å²) in [6.07, 6.45) is 9.18. The molecule has 5 aliphatic rings. The maximum atomic E-state index is 14.0. The van der Waals surface area contributed by atoms with Gasteiger partial charge in [-0.3, -0.25) is 4.79 Å². The minimum Gasteiger partial charge on any atom is -0.393 e. The van der Waals surface area contributed by atoms with Crippen molar-refractivity contribution >= 4 is 5.78 Å². The molecular formula is C30H50O3. The number of Topliss-reactive ketones (excluding diaryl/α,β-unsaturated/α-hetero) is 1. The molecule has 10 atom stereocenters. The third kappa shape index (κ3) is 2.90. The van der Waals surface area contributed by atoms with Crippen molar-refractivity contribution in [2.24, 2.45) is 56.7 Å². The molecule has 3 nitrogen and oxygen atoms in total. The summed E-state index contributed by atoms with van der Waals surface area (Å²) in [5.74, 6) is 2.06. The molecule has 0 aliphatic heterocycles. The number of fused-ring (bicyclic) bond motifs is 7. The third-order valence-corrected chi connectivity index (χ3v) is 13.2. The van der Waals surface area contributed by atoms with Crippen molar-refractivity contribution in [2.75, 3.05) is 0 Å². The Morgan fingerprint density at radius 3 is 2.06 bits per heavy atom. The Morgan fingerprint density at radius 2 is 1.45 bits per heavy atom. The van der Waals surface area contributed by atoms with Crippen LogP contribution in [0.2, 0.25) is 0 Å². The van der Waals surface area contributed by atoms with Gasteiger partial charge in [0.1, 0.15) is 5.78 Å². The molecule has 0 spiro atoms. The first kappa shape index (κ1) is 24.3. The number of ketones is 1. The van der Waals surface area contributed by atoms with E-state index in [2.05, 4.69) is 41.5 Å². The molecule has 0 radical (unpaired) electrons. The molecule has 0 aromatic heterocycles. The fourth-order valence-corrected chi connectivity index (χ4v) is 12.1. The standard InChI is InChI=1S/C30H50O3/c1-25(2)13-9-14-28(6)22-11-10-21-27(5)15-12-18(26(3,4)33)23(27)19(31)16-29(21,7)30(22,8)17-20(32)24(25)28/h18-19,21-24,31,33H,9-17H2,1-8H3/t18-,19-,21+,22+,23+,24-,27+,28+,29+,30+/m0/s1. The molecule has 33 heavy (non-hydrogen) atoms. The van der Waals surface area contributed by atoms with Crippen LogP contribution in [0.1, 0.15) is 113 Å². The van der Waals surface area contributed by atoms with Crippen LogP contribution >= 0.6 is 0 Å². The number of carbonyl (C=O) groups is 1. The summed E-state index contributed by atoms with van der Waals surface area (Å²) in [5, 5.41) is 22.7. The van der Waals surface area contributed by atoms with Crippen molar-refractivity contribution in [1.82, 2.24) is 0 Å². The lowest BCUT2D eigenvalue weighted by Gasteiger charge is -2.73. The van der Waals surface area contributed by atoms with Gasteiger partial charge in [0, 0.05) is 12.3 Å². The second kappa shape index (κ2) is 6.87. The lowest BCUT2D eigenvalue weighted by Crippen LogP contribution is -2.69. The minimum atomic E-state index is -0.757. The highest BCUT2D eigenvalue weighted by atomic mass is 16.3. The van der Waals surface area contributed by atoms with Crippen LogP contribution in [0, 0.1) is 56.7 Å². The van der Waals surface area contributed by atoms with E-state index < -0.39 is 11.7 Å². The molecule has 2 N–H and O–H groups in total. The number of hydrogen-bond donors (Lipinski definition) is 2. The first-order valence-corrected chi connectivity index (χ1v) is 14.0. The summed E-state index contributed by atoms with van der Waals surface area (Å²) >= 11 is 0. The Bertz CT molecular complexity index is 840. The molecule has 3 heteroatoms. The van der Waals surface area contributed by atoms with E-state index in [9.17, 15) is 15.0 Å². The van der Waals surface area contributed by atoms with E-state index in [-0.39, 0.29) is 44.8 Å². The first-order valence-electron chi connectivity index (χ1n) is 14.0. The monoisotopic (exact) mass is 458 g/mol. The Labute approximate surface area is 202 Å². The largest absolute Gasteiger partial charge is 0.393 e. The second-order valence-electron chi connectivity index (χ2n) is 15.5. The van der Waals surface area contributed by atoms with E-state index in [1.165, 1.54) is 32.1 Å². The number of carbonyl (C=O) groups excluding carboxylic acids is 1. The average Bonchev–Trinajstić information content (AvgIpc) is 3.00. The van der Waals surface area contributed by atoms with Crippen molar-refractivity contribution in [3.63, 3.8) is 0 Å². The first-order chi connectivity index (χ1) is 15.0. The van der Waals surface area contributed by atoms with Crippen molar-refractivity contribution < 1.29 is 15.0 Å². The lowest BCUT2D eigenvalue weighted by atomic mass is 9.31. The van der Waals surface area contributed by atoms with Crippen molar-refractivity contribution in [2.45, 2.75) is 125 Å². The molecule has 0 saturated heterocycles. The van der Waals surface area contributed by atoms with E-state index in [1.807, 2.05) is 13.8 Å². The summed E-state index contributed by atoms with van der Waals surface area (Å²) in [7, 11) is 0. The fourth-order valence-electron chi connectivity index (χ4n) is 12.1. The Morgan fingerprint density at radius 1 is 0.848 bits per heavy atom. The molecule has 188 valence electrons. The SMILES string of the molecule is CC(C)(O)[C@H]1CC[C@@]2(C)[C@H]1[C@@H](O)C[C@]1(C)[C@@H]2CC[C@@H]2[C@@]3(C)CCCC(C)(C)[C@@H]3C(=O)C[C@]21C. The molecule has 5 rings (SSSR count). The summed E-state index contributed by atoms with van der Waals surface area (Å²) in [5.41, 5.74) is -0.648. The molecule has 0 amide bonds. The van der Waals surface area contributed by atoms with Crippen LogP contribution in [-0.4, -0.2) is 27.7 Å². The zero-order valence-corrected chi connectivity index (χ0v) is 22.6. The van der Waals surface area contributed by atoms with E-state index in [0.717, 1.165) is 19.3 Å². The molecule has 0 aromatic carbocycles. The van der Waals surface area contributed by atoms with Gasteiger partial charge in [-0.25, -0.2) is 0 Å². The molecular weight excluding hydrogens is 408 g/mol. The van der Waals surface area contributed by atoms with E-state index >= 15 is 0 Å². The van der Waals surface area contributed by atoms with Gasteiger partial charge in [-0.05, 0) is 110 Å². The highest BCUT2D eigenvalue weighted by Gasteiger charge is 2.73. The Kier molecular flexibility index (Phi) is 5.06. The quantitative estimate of drug-likeness (QED) is 0.478. The number of rotatable bonds is 1. The Hall–Kier alpha value is -0.410. The number of aliphatic hydroxyl groups is 2. The topological polar surface area (TPSA) is 57.5 Å². The van der Waals surface area contributed by atoms with Crippen LogP contribution < -0.4 is 0 Å². The van der Waals surface area contributed by atoms with Gasteiger partial charge < -0.3 is 10.2 Å². The van der Waals surface area contributed by atoms with Crippen LogP contribution in [0.3, 0.4) is 0 Å². The van der Waals surface area contributed by atoms with Crippen molar-refractivity contribution in [3.05, 3.63) is 0 Å². The predicted molar refractivity (Wildman–Crippen MR) is 133 cm³/mol. The van der Waals surface area contributed by atoms with Crippen LogP contribution in [0.4, 0.5) is 0 Å². The molecule has 5 saturated carbocycles. The summed E-state index contributed by atoms with van der Waals surface area (Å²) in [6, 6.07) is 0. The summed E-state index contributed by atoms with van der Waals surface area (Å²) in [6.45, 7) is 18.4. The van der Waals surface area contributed by atoms with Gasteiger partial charge in [-0.1, -0.05) is 48.0 Å². The normalized spacial score (nSPS) is 55.9. The number of aliphatic hydroxyl groups excluding tert-OH is 1. The minimum absolute atomic E-state index is 0.0394. The molecule has 5 aliphatic carbocycles. The predicted octanol–water partition coefficient (Wildman–Crippen LogP) is 6.40. The molecule has 5 fully saturated rings. The van der Waals surface area contributed by atoms with E-state index in [1.54, 1.807) is 0 Å². The van der Waals surface area contributed by atoms with E-state index in [0.29, 0.717) is 24.0 Å². The van der Waals surface area contributed by atoms with Gasteiger partial charge in [0.2, 0.25) is 0 Å². The second-order valence-corrected chi connectivity index (χ2v) is 15.5. The molecule has 0 bridgehead atoms. The molecule has 0 heterocycles. The smallest absolute Gasteiger partial charge is 0.137 e. The zero-order valence-electron chi connectivity index (χ0n) is 22.6. The average molecular weight is 459 g/mol. The van der Waals surface area contributed by atoms with Crippen molar-refractivity contribution in [1.29, 1.82) is 0 Å². The van der Waals surface area contributed by atoms with Gasteiger partial charge in [0.25, 0.3) is 0 Å². The maximum Gasteiger partial charge on any atom is 0.137 e. The van der Waals surface area contributed by atoms with Crippen LogP contribution in [0.25, 0.3) is 0 Å². The molecule has 0 unspecified atom stereocenters. The van der Waals surface area contributed by atoms with Crippen LogP contribution in [0.5, 0.6) is 0 Å². The van der Waals surface area contributed by atoms with Crippen LogP contribution in [-0.2, 0) is 4.79 Å². The van der Waals surface area contributed by atoms with Gasteiger partial charge in [-0.15, -0.1) is 0 Å². The third-order valence-electron chi connectivity index (χ3n) is 13.2. The van der Waals surface area contributed by atoms with Gasteiger partial charge in [0.15, 0.2) is 0 Å². The fraction of sp³-hybridized carbons (Fsp3) is 0.967. The Balaban J connectivity index is 1.58. The van der Waals surface area contributed by atoms with Gasteiger partial charge in [-0.2, -0.15) is 0 Å². The zero-order chi connectivity index (χ0) is 24.4. The molecule has 0 aromatic rings. The van der Waals surface area contributed by atoms with Gasteiger partial charge >= 0.3 is 0 Å². The summed E-state index contributed by atoms with van der Waals surface area (Å²) in [4.78, 5) is 14.0. The van der Waals surface area contributed by atoms with Crippen molar-refractivity contribution in [3.8, 4) is 0 Å². The highest BCUT2D eigenvalue weighted by molar-refractivity contribution is 5.85. The van der Waals surface area contributed by atoms with Crippen LogP contribution in [0.15, 0.2) is 0 Å². The van der Waals surface area contributed by atoms with E-state index in [4.69, 9.17) is 0 Å². The maximum absolute atomic E-state index is 14.0. The lowest BCUT2D eigenvalue weighted by molar-refractivity contribution is -0.253. The highest BCUT2D eigenvalue weighted by Crippen LogP contribution is 2.77. The summed E-state index contributed by atoms with van der Waals surface area (Å²) < 4.78 is 0. The van der Waals surface area contributed by atoms with Gasteiger partial charge in [0.05, 0.1) is 11.7 Å². The number of hydrogen-bond acceptors (Lipinski definition) is 3.